The maximum Gasteiger partial charge on any atom is 0.332 e. The van der Waals surface area contributed by atoms with Gasteiger partial charge in [-0.25, -0.2) is 13.6 Å². The fourth-order valence-electron chi connectivity index (χ4n) is 3.48. The van der Waals surface area contributed by atoms with E-state index in [0.29, 0.717) is 15.6 Å². The monoisotopic (exact) mass is 443 g/mol. The van der Waals surface area contributed by atoms with Crippen molar-refractivity contribution < 1.29 is 8.78 Å². The second kappa shape index (κ2) is 6.84. The van der Waals surface area contributed by atoms with Gasteiger partial charge in [-0.1, -0.05) is 29.3 Å². The van der Waals surface area contributed by atoms with Gasteiger partial charge >= 0.3 is 5.69 Å². The minimum Gasteiger partial charge on any atom is -0.352 e. The average Bonchev–Trinajstić information content (AvgIpc) is 2.95. The number of rotatable bonds is 4. The van der Waals surface area contributed by atoms with Crippen LogP contribution in [0.25, 0.3) is 11.2 Å². The molecule has 154 valence electrons. The van der Waals surface area contributed by atoms with Gasteiger partial charge in [0.25, 0.3) is 11.5 Å². The third kappa shape index (κ3) is 3.42. The Morgan fingerprint density at radius 1 is 1.17 bits per heavy atom. The van der Waals surface area contributed by atoms with E-state index >= 15 is 0 Å². The molecule has 1 aliphatic carbocycles. The van der Waals surface area contributed by atoms with Crippen molar-refractivity contribution in [3.8, 4) is 0 Å². The van der Waals surface area contributed by atoms with Gasteiger partial charge in [-0.05, 0) is 17.7 Å². The normalized spacial score (nSPS) is 16.2. The number of imidazole rings is 1. The molecule has 0 bridgehead atoms. The van der Waals surface area contributed by atoms with Crippen molar-refractivity contribution in [1.82, 2.24) is 18.7 Å². The molecule has 0 spiro atoms. The van der Waals surface area contributed by atoms with E-state index in [-0.39, 0.29) is 36.5 Å². The quantitative estimate of drug-likeness (QED) is 0.672. The van der Waals surface area contributed by atoms with Crippen LogP contribution in [0, 0.1) is 0 Å². The molecule has 0 amide bonds. The smallest absolute Gasteiger partial charge is 0.332 e. The zero-order chi connectivity index (χ0) is 21.1. The molecule has 2 heterocycles. The zero-order valence-electron chi connectivity index (χ0n) is 15.5. The summed E-state index contributed by atoms with van der Waals surface area (Å²) in [5.74, 6) is -2.42. The highest BCUT2D eigenvalue weighted by atomic mass is 35.5. The second-order valence-electron chi connectivity index (χ2n) is 7.25. The number of nitrogens with zero attached hydrogens (tertiary/aromatic N) is 4. The predicted molar refractivity (Wildman–Crippen MR) is 107 cm³/mol. The van der Waals surface area contributed by atoms with Crippen LogP contribution < -0.4 is 16.6 Å². The number of nitrogens with one attached hydrogen (secondary N) is 1. The van der Waals surface area contributed by atoms with Crippen LogP contribution >= 0.6 is 23.2 Å². The van der Waals surface area contributed by atoms with Crippen LogP contribution in [-0.4, -0.2) is 30.6 Å². The lowest BCUT2D eigenvalue weighted by Gasteiger charge is -2.35. The summed E-state index contributed by atoms with van der Waals surface area (Å²) in [6.45, 7) is 0.00112. The van der Waals surface area contributed by atoms with E-state index in [1.165, 1.54) is 16.2 Å². The summed E-state index contributed by atoms with van der Waals surface area (Å²) in [6, 6.07) is 4.42. The molecule has 1 aliphatic rings. The largest absolute Gasteiger partial charge is 0.352 e. The number of hydrogen-bond donors (Lipinski definition) is 1. The Labute approximate surface area is 173 Å². The lowest BCUT2D eigenvalue weighted by atomic mass is 9.88. The number of hydrogen-bond acceptors (Lipinski definition) is 4. The highest BCUT2D eigenvalue weighted by Gasteiger charge is 2.45. The number of aryl methyl sites for hydroxylation is 2. The molecule has 4 rings (SSSR count). The maximum absolute atomic E-state index is 13.1. The summed E-state index contributed by atoms with van der Waals surface area (Å²) in [6.07, 6.45) is -0.590. The molecule has 1 fully saturated rings. The van der Waals surface area contributed by atoms with Crippen LogP contribution in [0.4, 0.5) is 14.7 Å². The Kier molecular flexibility index (Phi) is 4.70. The first-order valence-electron chi connectivity index (χ1n) is 8.82. The molecule has 0 atom stereocenters. The summed E-state index contributed by atoms with van der Waals surface area (Å²) in [4.78, 5) is 30.1. The number of halogens is 4. The topological polar surface area (TPSA) is 73.8 Å². The number of alkyl halides is 2. The molecule has 1 N–H and O–H groups in total. The fourth-order valence-corrected chi connectivity index (χ4v) is 3.80. The minimum absolute atomic E-state index is 0.00112. The Hall–Kier alpha value is -2.39. The highest BCUT2D eigenvalue weighted by molar-refractivity contribution is 6.42. The molecule has 1 saturated carbocycles. The Balaban J connectivity index is 1.77. The van der Waals surface area contributed by atoms with Gasteiger partial charge in [-0.15, -0.1) is 0 Å². The minimum atomic E-state index is -2.68. The van der Waals surface area contributed by atoms with Gasteiger partial charge in [0.2, 0.25) is 5.95 Å². The van der Waals surface area contributed by atoms with Crippen molar-refractivity contribution in [3.63, 3.8) is 0 Å². The first-order chi connectivity index (χ1) is 13.6. The van der Waals surface area contributed by atoms with Crippen LogP contribution in [0.2, 0.25) is 10.0 Å². The Morgan fingerprint density at radius 3 is 2.48 bits per heavy atom. The fraction of sp³-hybridized carbons (Fsp3) is 0.389. The van der Waals surface area contributed by atoms with Gasteiger partial charge in [-0.2, -0.15) is 4.98 Å². The molecule has 11 heteroatoms. The molecule has 2 aromatic heterocycles. The number of anilines is 1. The van der Waals surface area contributed by atoms with Crippen LogP contribution in [0.5, 0.6) is 0 Å². The van der Waals surface area contributed by atoms with Crippen LogP contribution in [0.15, 0.2) is 27.8 Å². The Morgan fingerprint density at radius 2 is 1.86 bits per heavy atom. The van der Waals surface area contributed by atoms with Crippen molar-refractivity contribution in [3.05, 3.63) is 54.6 Å². The molecule has 3 aromatic rings. The highest BCUT2D eigenvalue weighted by Crippen LogP contribution is 2.39. The number of aromatic nitrogens is 4. The van der Waals surface area contributed by atoms with Crippen LogP contribution in [0.1, 0.15) is 18.4 Å². The summed E-state index contributed by atoms with van der Waals surface area (Å²) in [5, 5.41) is 3.61. The molecule has 7 nitrogen and oxygen atoms in total. The third-order valence-electron chi connectivity index (χ3n) is 5.11. The molecule has 0 radical (unpaired) electrons. The summed E-state index contributed by atoms with van der Waals surface area (Å²) in [5.41, 5.74) is -0.0676. The van der Waals surface area contributed by atoms with Crippen molar-refractivity contribution in [1.29, 1.82) is 0 Å². The number of fused-ring (bicyclic) bond motifs is 1. The van der Waals surface area contributed by atoms with Gasteiger partial charge < -0.3 is 9.88 Å². The lowest BCUT2D eigenvalue weighted by Crippen LogP contribution is -2.44. The van der Waals surface area contributed by atoms with E-state index in [9.17, 15) is 18.4 Å². The van der Waals surface area contributed by atoms with Gasteiger partial charge in [0.05, 0.1) is 16.6 Å². The molecule has 29 heavy (non-hydrogen) atoms. The van der Waals surface area contributed by atoms with E-state index in [0.717, 1.165) is 4.57 Å². The van der Waals surface area contributed by atoms with E-state index in [1.807, 2.05) is 0 Å². The third-order valence-corrected chi connectivity index (χ3v) is 5.85. The molecule has 0 saturated heterocycles. The van der Waals surface area contributed by atoms with Crippen molar-refractivity contribution in [2.24, 2.45) is 14.1 Å². The van der Waals surface area contributed by atoms with Crippen LogP contribution in [-0.2, 0) is 20.6 Å². The van der Waals surface area contributed by atoms with Crippen molar-refractivity contribution >= 4 is 40.3 Å². The number of benzene rings is 1. The summed E-state index contributed by atoms with van der Waals surface area (Å²) >= 11 is 11.9. The van der Waals surface area contributed by atoms with E-state index in [4.69, 9.17) is 23.2 Å². The molecule has 0 aliphatic heterocycles. The first-order valence-corrected chi connectivity index (χ1v) is 9.57. The predicted octanol–water partition coefficient (Wildman–Crippen LogP) is 3.00. The van der Waals surface area contributed by atoms with Crippen molar-refractivity contribution in [2.45, 2.75) is 31.4 Å². The zero-order valence-corrected chi connectivity index (χ0v) is 17.1. The SMILES string of the molecule is Cn1c(NC2CC(F)(F)C2)nc2c1c(=O)n(Cc1ccc(Cl)c(Cl)c1)c(=O)n2C. The second-order valence-corrected chi connectivity index (χ2v) is 8.07. The van der Waals surface area contributed by atoms with Gasteiger partial charge in [0.1, 0.15) is 0 Å². The molecule has 0 unspecified atom stereocenters. The van der Waals surface area contributed by atoms with Crippen LogP contribution in [0.3, 0.4) is 0 Å². The lowest BCUT2D eigenvalue weighted by molar-refractivity contribution is -0.0795. The first kappa shape index (κ1) is 19.9. The molecular weight excluding hydrogens is 427 g/mol. The maximum atomic E-state index is 13.1. The van der Waals surface area contributed by atoms with E-state index < -0.39 is 23.2 Å². The summed E-state index contributed by atoms with van der Waals surface area (Å²) < 4.78 is 30.0. The van der Waals surface area contributed by atoms with E-state index in [1.54, 1.807) is 25.2 Å². The van der Waals surface area contributed by atoms with Gasteiger partial charge in [-0.3, -0.25) is 13.9 Å². The standard InChI is InChI=1S/C18H17Cl2F2N5O2/c1-25-13-14(24-16(25)23-10-6-18(21,22)7-10)26(2)17(29)27(15(13)28)8-9-3-4-11(19)12(20)5-9/h3-5,10H,6-8H2,1-2H3,(H,23,24). The summed E-state index contributed by atoms with van der Waals surface area (Å²) in [7, 11) is 3.10. The molecule has 1 aromatic carbocycles. The van der Waals surface area contributed by atoms with Gasteiger partial charge in [0.15, 0.2) is 11.2 Å². The Bertz CT molecular complexity index is 1240. The van der Waals surface area contributed by atoms with E-state index in [2.05, 4.69) is 10.3 Å². The van der Waals surface area contributed by atoms with Crippen molar-refractivity contribution in [2.75, 3.05) is 5.32 Å². The average molecular weight is 444 g/mol. The van der Waals surface area contributed by atoms with Gasteiger partial charge in [0, 0.05) is 33.0 Å². The molecular formula is C18H17Cl2F2N5O2.